The van der Waals surface area contributed by atoms with Crippen molar-refractivity contribution in [2.24, 2.45) is 0 Å². The third kappa shape index (κ3) is 3.79. The second-order valence-corrected chi connectivity index (χ2v) is 6.96. The number of amides is 1. The first-order chi connectivity index (χ1) is 13.8. The van der Waals surface area contributed by atoms with E-state index in [-0.39, 0.29) is 12.7 Å². The lowest BCUT2D eigenvalue weighted by molar-refractivity contribution is 0.0954. The monoisotopic (exact) mass is 376 g/mol. The highest BCUT2D eigenvalue weighted by molar-refractivity contribution is 6.07. The highest BCUT2D eigenvalue weighted by atomic mass is 16.7. The Hall–Kier alpha value is -3.08. The number of nitrogens with zero attached hydrogens (tertiary/aromatic N) is 1. The molecule has 4 rings (SSSR count). The van der Waals surface area contributed by atoms with E-state index >= 15 is 0 Å². The third-order valence-electron chi connectivity index (χ3n) is 4.95. The minimum absolute atomic E-state index is 0.0582. The molecule has 144 valence electrons. The molecule has 3 aromatic rings. The molecule has 0 atom stereocenters. The van der Waals surface area contributed by atoms with Crippen LogP contribution < -0.4 is 14.8 Å². The summed E-state index contributed by atoms with van der Waals surface area (Å²) in [6.45, 7) is 3.10. The fourth-order valence-corrected chi connectivity index (χ4v) is 3.42. The molecule has 0 spiro atoms. The molecular formula is C23H24N2O3. The van der Waals surface area contributed by atoms with Crippen molar-refractivity contribution in [2.45, 2.75) is 32.6 Å². The second-order valence-electron chi connectivity index (χ2n) is 6.96. The number of benzene rings is 2. The molecule has 0 saturated heterocycles. The van der Waals surface area contributed by atoms with Crippen LogP contribution in [0.3, 0.4) is 0 Å². The molecule has 2 heterocycles. The van der Waals surface area contributed by atoms with Gasteiger partial charge in [0.25, 0.3) is 5.91 Å². The molecule has 0 radical (unpaired) electrons. The predicted octanol–water partition coefficient (Wildman–Crippen LogP) is 4.94. The first-order valence-electron chi connectivity index (χ1n) is 9.84. The number of unbranched alkanes of at least 4 members (excludes halogenated alkanes) is 3. The quantitative estimate of drug-likeness (QED) is 0.593. The molecule has 2 aromatic carbocycles. The van der Waals surface area contributed by atoms with E-state index < -0.39 is 0 Å². The van der Waals surface area contributed by atoms with E-state index in [9.17, 15) is 4.79 Å². The molecule has 0 unspecified atom stereocenters. The smallest absolute Gasteiger partial charge is 0.252 e. The number of ether oxygens (including phenoxy) is 2. The number of rotatable bonds is 7. The van der Waals surface area contributed by atoms with Crippen LogP contribution in [0, 0.1) is 0 Å². The average molecular weight is 376 g/mol. The van der Waals surface area contributed by atoms with Crippen LogP contribution in [-0.4, -0.2) is 24.2 Å². The van der Waals surface area contributed by atoms with Crippen molar-refractivity contribution >= 4 is 16.8 Å². The van der Waals surface area contributed by atoms with Crippen molar-refractivity contribution in [1.29, 1.82) is 0 Å². The van der Waals surface area contributed by atoms with E-state index in [0.717, 1.165) is 40.8 Å². The standard InChI is InChI=1S/C23H24N2O3/c1-2-3-4-7-12-24-23(26)18-14-20(25-19-9-6-5-8-17(18)19)16-10-11-21-22(13-16)28-15-27-21/h5-6,8-11,13-14H,2-4,7,12,15H2,1H3,(H,24,26). The number of hydrogen-bond acceptors (Lipinski definition) is 4. The number of carbonyl (C=O) groups excluding carboxylic acids is 1. The first-order valence-corrected chi connectivity index (χ1v) is 9.84. The molecule has 0 aliphatic carbocycles. The van der Waals surface area contributed by atoms with Crippen LogP contribution >= 0.6 is 0 Å². The van der Waals surface area contributed by atoms with Crippen molar-refractivity contribution in [2.75, 3.05) is 13.3 Å². The summed E-state index contributed by atoms with van der Waals surface area (Å²) >= 11 is 0. The van der Waals surface area contributed by atoms with Crippen LogP contribution in [0.2, 0.25) is 0 Å². The summed E-state index contributed by atoms with van der Waals surface area (Å²) in [5, 5.41) is 3.92. The number of pyridine rings is 1. The Kier molecular flexibility index (Phi) is 5.42. The molecule has 28 heavy (non-hydrogen) atoms. The van der Waals surface area contributed by atoms with Gasteiger partial charge in [0, 0.05) is 17.5 Å². The fraction of sp³-hybridized carbons (Fsp3) is 0.304. The summed E-state index contributed by atoms with van der Waals surface area (Å²) in [6, 6.07) is 15.3. The van der Waals surface area contributed by atoms with Crippen LogP contribution in [0.5, 0.6) is 11.5 Å². The van der Waals surface area contributed by atoms with Gasteiger partial charge in [-0.3, -0.25) is 4.79 Å². The van der Waals surface area contributed by atoms with Gasteiger partial charge in [-0.1, -0.05) is 44.4 Å². The van der Waals surface area contributed by atoms with Gasteiger partial charge in [0.1, 0.15) is 0 Å². The van der Waals surface area contributed by atoms with Crippen molar-refractivity contribution in [3.05, 3.63) is 54.1 Å². The third-order valence-corrected chi connectivity index (χ3v) is 4.95. The molecule has 0 saturated carbocycles. The molecule has 0 fully saturated rings. The van der Waals surface area contributed by atoms with Crippen LogP contribution in [-0.2, 0) is 0 Å². The summed E-state index contributed by atoms with van der Waals surface area (Å²) in [6.07, 6.45) is 4.51. The highest BCUT2D eigenvalue weighted by Crippen LogP contribution is 2.36. The molecule has 1 amide bonds. The van der Waals surface area contributed by atoms with Gasteiger partial charge in [-0.2, -0.15) is 0 Å². The Bertz CT molecular complexity index is 1000. The zero-order valence-electron chi connectivity index (χ0n) is 16.0. The van der Waals surface area contributed by atoms with Gasteiger partial charge >= 0.3 is 0 Å². The van der Waals surface area contributed by atoms with Crippen LogP contribution in [0.1, 0.15) is 43.0 Å². The normalized spacial score (nSPS) is 12.3. The van der Waals surface area contributed by atoms with Gasteiger partial charge in [0.2, 0.25) is 6.79 Å². The summed E-state index contributed by atoms with van der Waals surface area (Å²) in [7, 11) is 0. The van der Waals surface area contributed by atoms with Crippen molar-refractivity contribution in [3.8, 4) is 22.8 Å². The van der Waals surface area contributed by atoms with Gasteiger partial charge < -0.3 is 14.8 Å². The van der Waals surface area contributed by atoms with Crippen molar-refractivity contribution < 1.29 is 14.3 Å². The Morgan fingerprint density at radius 3 is 2.79 bits per heavy atom. The largest absolute Gasteiger partial charge is 0.454 e. The van der Waals surface area contributed by atoms with Crippen molar-refractivity contribution in [1.82, 2.24) is 10.3 Å². The number of aromatic nitrogens is 1. The lowest BCUT2D eigenvalue weighted by Gasteiger charge is -2.11. The molecule has 1 aliphatic heterocycles. The van der Waals surface area contributed by atoms with E-state index in [1.54, 1.807) is 0 Å². The van der Waals surface area contributed by atoms with E-state index in [1.807, 2.05) is 48.5 Å². The zero-order valence-corrected chi connectivity index (χ0v) is 16.0. The van der Waals surface area contributed by atoms with E-state index in [1.165, 1.54) is 12.8 Å². The highest BCUT2D eigenvalue weighted by Gasteiger charge is 2.17. The minimum atomic E-state index is -0.0582. The van der Waals surface area contributed by atoms with E-state index in [2.05, 4.69) is 12.2 Å². The molecular weight excluding hydrogens is 352 g/mol. The molecule has 5 nitrogen and oxygen atoms in total. The molecule has 0 bridgehead atoms. The fourth-order valence-electron chi connectivity index (χ4n) is 3.42. The van der Waals surface area contributed by atoms with Gasteiger partial charge in [0.05, 0.1) is 16.8 Å². The Balaban J connectivity index is 1.65. The SMILES string of the molecule is CCCCCCNC(=O)c1cc(-c2ccc3c(c2)OCO3)nc2ccccc12. The van der Waals surface area contributed by atoms with Gasteiger partial charge in [-0.25, -0.2) is 4.98 Å². The maximum absolute atomic E-state index is 12.9. The molecule has 5 heteroatoms. The van der Waals surface area contributed by atoms with Crippen molar-refractivity contribution in [3.63, 3.8) is 0 Å². The maximum atomic E-state index is 12.9. The first kappa shape index (κ1) is 18.3. The van der Waals surface area contributed by atoms with E-state index in [0.29, 0.717) is 17.9 Å². The lowest BCUT2D eigenvalue weighted by Crippen LogP contribution is -2.24. The molecule has 1 aromatic heterocycles. The predicted molar refractivity (Wildman–Crippen MR) is 110 cm³/mol. The summed E-state index contributed by atoms with van der Waals surface area (Å²) in [4.78, 5) is 17.6. The second kappa shape index (κ2) is 8.30. The summed E-state index contributed by atoms with van der Waals surface area (Å²) in [5.41, 5.74) is 3.09. The summed E-state index contributed by atoms with van der Waals surface area (Å²) in [5.74, 6) is 1.38. The van der Waals surface area contributed by atoms with E-state index in [4.69, 9.17) is 14.5 Å². The number of para-hydroxylation sites is 1. The Labute approximate surface area is 164 Å². The number of hydrogen-bond donors (Lipinski definition) is 1. The summed E-state index contributed by atoms with van der Waals surface area (Å²) < 4.78 is 10.9. The lowest BCUT2D eigenvalue weighted by atomic mass is 10.0. The average Bonchev–Trinajstić information content (AvgIpc) is 3.20. The maximum Gasteiger partial charge on any atom is 0.252 e. The zero-order chi connectivity index (χ0) is 19.3. The van der Waals surface area contributed by atoms with Crippen LogP contribution in [0.4, 0.5) is 0 Å². The van der Waals surface area contributed by atoms with Gasteiger partial charge in [-0.05, 0) is 36.8 Å². The van der Waals surface area contributed by atoms with Crippen LogP contribution in [0.25, 0.3) is 22.2 Å². The Morgan fingerprint density at radius 1 is 1.04 bits per heavy atom. The molecule has 1 N–H and O–H groups in total. The minimum Gasteiger partial charge on any atom is -0.454 e. The Morgan fingerprint density at radius 2 is 1.89 bits per heavy atom. The van der Waals surface area contributed by atoms with Gasteiger partial charge in [-0.15, -0.1) is 0 Å². The van der Waals surface area contributed by atoms with Crippen LogP contribution in [0.15, 0.2) is 48.5 Å². The molecule has 1 aliphatic rings. The van der Waals surface area contributed by atoms with Gasteiger partial charge in [0.15, 0.2) is 11.5 Å². The number of nitrogens with one attached hydrogen (secondary N) is 1. The number of carbonyl (C=O) groups is 1. The topological polar surface area (TPSA) is 60.5 Å². The number of fused-ring (bicyclic) bond motifs is 2.